The molecule has 1 heterocycles. The Balaban J connectivity index is 1.96. The summed E-state index contributed by atoms with van der Waals surface area (Å²) in [4.78, 5) is 0. The van der Waals surface area contributed by atoms with E-state index in [1.165, 1.54) is 19.4 Å². The van der Waals surface area contributed by atoms with E-state index < -0.39 is 0 Å². The lowest BCUT2D eigenvalue weighted by Crippen LogP contribution is -2.33. The normalized spacial score (nSPS) is 25.0. The molecule has 1 rings (SSSR count). The van der Waals surface area contributed by atoms with Crippen molar-refractivity contribution in [2.45, 2.75) is 18.9 Å². The molecular formula is C8H16N2. The zero-order valence-corrected chi connectivity index (χ0v) is 6.40. The summed E-state index contributed by atoms with van der Waals surface area (Å²) < 4.78 is 0. The van der Waals surface area contributed by atoms with Gasteiger partial charge in [-0.05, 0) is 19.4 Å². The minimum Gasteiger partial charge on any atom is -0.313 e. The van der Waals surface area contributed by atoms with Crippen LogP contribution in [0.15, 0.2) is 12.7 Å². The van der Waals surface area contributed by atoms with Crippen LogP contribution in [-0.2, 0) is 0 Å². The van der Waals surface area contributed by atoms with E-state index >= 15 is 0 Å². The molecule has 0 aliphatic carbocycles. The summed E-state index contributed by atoms with van der Waals surface area (Å²) in [6, 6.07) is 0.708. The van der Waals surface area contributed by atoms with Crippen molar-refractivity contribution in [3.63, 3.8) is 0 Å². The van der Waals surface area contributed by atoms with E-state index in [1.807, 2.05) is 6.08 Å². The van der Waals surface area contributed by atoms with Gasteiger partial charge in [-0.15, -0.1) is 6.58 Å². The van der Waals surface area contributed by atoms with Crippen molar-refractivity contribution in [2.24, 2.45) is 0 Å². The molecule has 1 fully saturated rings. The number of hydrogen-bond acceptors (Lipinski definition) is 2. The van der Waals surface area contributed by atoms with Crippen LogP contribution in [0.1, 0.15) is 12.8 Å². The van der Waals surface area contributed by atoms with Gasteiger partial charge < -0.3 is 10.6 Å². The predicted octanol–water partition coefficient (Wildman–Crippen LogP) is 0.514. The van der Waals surface area contributed by atoms with Gasteiger partial charge in [0.05, 0.1) is 0 Å². The molecule has 0 aromatic carbocycles. The fraction of sp³-hybridized carbons (Fsp3) is 0.750. The van der Waals surface area contributed by atoms with Crippen LogP contribution in [0.25, 0.3) is 0 Å². The number of nitrogens with one attached hydrogen (secondary N) is 2. The highest BCUT2D eigenvalue weighted by Crippen LogP contribution is 2.02. The second kappa shape index (κ2) is 4.47. The third-order valence-electron chi connectivity index (χ3n) is 1.84. The minimum atomic E-state index is 0.708. The van der Waals surface area contributed by atoms with Crippen molar-refractivity contribution < 1.29 is 0 Å². The predicted molar refractivity (Wildman–Crippen MR) is 44.1 cm³/mol. The lowest BCUT2D eigenvalue weighted by molar-refractivity contribution is 0.555. The maximum absolute atomic E-state index is 3.64. The quantitative estimate of drug-likeness (QED) is 0.439. The van der Waals surface area contributed by atoms with E-state index in [4.69, 9.17) is 0 Å². The second-order valence-corrected chi connectivity index (χ2v) is 2.74. The first-order chi connectivity index (χ1) is 4.93. The molecule has 0 radical (unpaired) electrons. The average Bonchev–Trinajstić information content (AvgIpc) is 2.41. The molecule has 2 heteroatoms. The molecule has 0 amide bonds. The minimum absolute atomic E-state index is 0.708. The van der Waals surface area contributed by atoms with Gasteiger partial charge in [0.15, 0.2) is 0 Å². The monoisotopic (exact) mass is 140 g/mol. The molecule has 1 saturated heterocycles. The van der Waals surface area contributed by atoms with Gasteiger partial charge in [-0.2, -0.15) is 0 Å². The van der Waals surface area contributed by atoms with Crippen LogP contribution in [0.3, 0.4) is 0 Å². The molecule has 0 bridgehead atoms. The molecule has 0 aromatic heterocycles. The van der Waals surface area contributed by atoms with Crippen molar-refractivity contribution in [3.8, 4) is 0 Å². The standard InChI is InChI=1S/C8H16N2/c1-2-5-9-7-8-4-3-6-10-8/h2,8-10H,1,3-7H2. The zero-order chi connectivity index (χ0) is 7.23. The highest BCUT2D eigenvalue weighted by Gasteiger charge is 2.11. The molecule has 1 atom stereocenters. The molecule has 2 nitrogen and oxygen atoms in total. The topological polar surface area (TPSA) is 24.1 Å². The zero-order valence-electron chi connectivity index (χ0n) is 6.40. The third kappa shape index (κ3) is 2.50. The fourth-order valence-corrected chi connectivity index (χ4v) is 1.29. The fourth-order valence-electron chi connectivity index (χ4n) is 1.29. The molecule has 2 N–H and O–H groups in total. The summed E-state index contributed by atoms with van der Waals surface area (Å²) >= 11 is 0. The van der Waals surface area contributed by atoms with Crippen molar-refractivity contribution in [1.29, 1.82) is 0 Å². The van der Waals surface area contributed by atoms with Crippen molar-refractivity contribution >= 4 is 0 Å². The summed E-state index contributed by atoms with van der Waals surface area (Å²) in [5.74, 6) is 0. The van der Waals surface area contributed by atoms with E-state index in [9.17, 15) is 0 Å². The summed E-state index contributed by atoms with van der Waals surface area (Å²) in [5, 5.41) is 6.72. The molecule has 1 unspecified atom stereocenters. The van der Waals surface area contributed by atoms with Crippen LogP contribution in [0.4, 0.5) is 0 Å². The van der Waals surface area contributed by atoms with Gasteiger partial charge in [0, 0.05) is 19.1 Å². The summed E-state index contributed by atoms with van der Waals surface area (Å²) in [7, 11) is 0. The molecule has 0 spiro atoms. The van der Waals surface area contributed by atoms with Gasteiger partial charge >= 0.3 is 0 Å². The Morgan fingerprint density at radius 1 is 1.70 bits per heavy atom. The molecule has 10 heavy (non-hydrogen) atoms. The third-order valence-corrected chi connectivity index (χ3v) is 1.84. The molecule has 0 aromatic rings. The lowest BCUT2D eigenvalue weighted by Gasteiger charge is -2.09. The Labute approximate surface area is 62.7 Å². The molecular weight excluding hydrogens is 124 g/mol. The first kappa shape index (κ1) is 7.76. The summed E-state index contributed by atoms with van der Waals surface area (Å²) in [6.07, 6.45) is 4.56. The van der Waals surface area contributed by atoms with E-state index in [1.54, 1.807) is 0 Å². The molecule has 58 valence electrons. The van der Waals surface area contributed by atoms with Gasteiger partial charge in [0.2, 0.25) is 0 Å². The second-order valence-electron chi connectivity index (χ2n) is 2.74. The lowest BCUT2D eigenvalue weighted by atomic mass is 10.2. The Bertz CT molecular complexity index is 95.4. The largest absolute Gasteiger partial charge is 0.313 e. The average molecular weight is 140 g/mol. The molecule has 1 aliphatic rings. The number of hydrogen-bond donors (Lipinski definition) is 2. The smallest absolute Gasteiger partial charge is 0.0193 e. The molecule has 0 saturated carbocycles. The van der Waals surface area contributed by atoms with Crippen LogP contribution < -0.4 is 10.6 Å². The van der Waals surface area contributed by atoms with E-state index in [0.29, 0.717) is 6.04 Å². The van der Waals surface area contributed by atoms with Crippen LogP contribution >= 0.6 is 0 Å². The van der Waals surface area contributed by atoms with Gasteiger partial charge in [-0.25, -0.2) is 0 Å². The Hall–Kier alpha value is -0.340. The van der Waals surface area contributed by atoms with E-state index in [-0.39, 0.29) is 0 Å². The Morgan fingerprint density at radius 2 is 2.60 bits per heavy atom. The van der Waals surface area contributed by atoms with Crippen molar-refractivity contribution in [3.05, 3.63) is 12.7 Å². The van der Waals surface area contributed by atoms with Crippen LogP contribution in [0.2, 0.25) is 0 Å². The van der Waals surface area contributed by atoms with Crippen LogP contribution in [0, 0.1) is 0 Å². The van der Waals surface area contributed by atoms with Gasteiger partial charge in [0.25, 0.3) is 0 Å². The molecule has 1 aliphatic heterocycles. The first-order valence-electron chi connectivity index (χ1n) is 3.98. The Morgan fingerprint density at radius 3 is 3.20 bits per heavy atom. The Kier molecular flexibility index (Phi) is 3.47. The van der Waals surface area contributed by atoms with Crippen molar-refractivity contribution in [1.82, 2.24) is 10.6 Å². The maximum atomic E-state index is 3.64. The highest BCUT2D eigenvalue weighted by molar-refractivity contribution is 4.78. The van der Waals surface area contributed by atoms with E-state index in [0.717, 1.165) is 13.1 Å². The first-order valence-corrected chi connectivity index (χ1v) is 3.98. The SMILES string of the molecule is C=CCNCC1CCCN1. The van der Waals surface area contributed by atoms with Gasteiger partial charge in [-0.1, -0.05) is 6.08 Å². The highest BCUT2D eigenvalue weighted by atomic mass is 15.0. The summed E-state index contributed by atoms with van der Waals surface area (Å²) in [6.45, 7) is 6.85. The maximum Gasteiger partial charge on any atom is 0.0193 e. The van der Waals surface area contributed by atoms with Crippen LogP contribution in [0.5, 0.6) is 0 Å². The van der Waals surface area contributed by atoms with Gasteiger partial charge in [-0.3, -0.25) is 0 Å². The van der Waals surface area contributed by atoms with Gasteiger partial charge in [0.1, 0.15) is 0 Å². The summed E-state index contributed by atoms with van der Waals surface area (Å²) in [5.41, 5.74) is 0. The van der Waals surface area contributed by atoms with Crippen LogP contribution in [-0.4, -0.2) is 25.7 Å². The number of rotatable bonds is 4. The van der Waals surface area contributed by atoms with Crippen molar-refractivity contribution in [2.75, 3.05) is 19.6 Å². The van der Waals surface area contributed by atoms with E-state index in [2.05, 4.69) is 17.2 Å².